The van der Waals surface area contributed by atoms with Crippen LogP contribution in [0.3, 0.4) is 0 Å². The number of benzene rings is 2. The largest absolute Gasteiger partial charge is 0.220 e. The topological polar surface area (TPSA) is 30.7 Å². The van der Waals surface area contributed by atoms with Gasteiger partial charge < -0.3 is 0 Å². The summed E-state index contributed by atoms with van der Waals surface area (Å²) in [6.45, 7) is 13.2. The van der Waals surface area contributed by atoms with Crippen LogP contribution in [-0.2, 0) is 10.8 Å². The first-order chi connectivity index (χ1) is 10.6. The van der Waals surface area contributed by atoms with Gasteiger partial charge >= 0.3 is 0 Å². The van der Waals surface area contributed by atoms with Crippen LogP contribution in [0.5, 0.6) is 0 Å². The molecule has 120 valence electrons. The van der Waals surface area contributed by atoms with E-state index in [-0.39, 0.29) is 10.8 Å². The Labute approximate surface area is 138 Å². The number of rotatable bonds is 1. The van der Waals surface area contributed by atoms with Gasteiger partial charge in [0.05, 0.1) is 17.6 Å². The van der Waals surface area contributed by atoms with Gasteiger partial charge in [-0.3, -0.25) is 0 Å². The molecule has 0 fully saturated rings. The molecule has 2 aromatic carbocycles. The van der Waals surface area contributed by atoms with Crippen LogP contribution in [0.2, 0.25) is 0 Å². The number of hydrogen-bond acceptors (Lipinski definition) is 2. The van der Waals surface area contributed by atoms with Crippen molar-refractivity contribution in [3.63, 3.8) is 0 Å². The smallest absolute Gasteiger partial charge is 0.0885 e. The summed E-state index contributed by atoms with van der Waals surface area (Å²) in [4.78, 5) is 0. The maximum absolute atomic E-state index is 4.30. The SMILES string of the molecule is CC(C)(C)c1ccc2cc(-n3cc(C(C)(C)C)nn3)ccc2c1. The fourth-order valence-corrected chi connectivity index (χ4v) is 2.58. The zero-order valence-electron chi connectivity index (χ0n) is 14.9. The Kier molecular flexibility index (Phi) is 3.55. The third kappa shape index (κ3) is 3.14. The van der Waals surface area contributed by atoms with E-state index in [1.165, 1.54) is 16.3 Å². The molecule has 0 saturated carbocycles. The lowest BCUT2D eigenvalue weighted by molar-refractivity contribution is 0.566. The number of nitrogens with zero attached hydrogens (tertiary/aromatic N) is 3. The standard InChI is InChI=1S/C20H25N3/c1-19(2,3)16-9-7-15-12-17(10-8-14(15)11-16)23-13-18(21-22-23)20(4,5)6/h7-13H,1-6H3. The van der Waals surface area contributed by atoms with E-state index in [1.807, 2.05) is 10.9 Å². The van der Waals surface area contributed by atoms with E-state index in [9.17, 15) is 0 Å². The van der Waals surface area contributed by atoms with Gasteiger partial charge in [-0.2, -0.15) is 0 Å². The molecular weight excluding hydrogens is 282 g/mol. The minimum Gasteiger partial charge on any atom is -0.220 e. The molecule has 0 aliphatic heterocycles. The summed E-state index contributed by atoms with van der Waals surface area (Å²) in [5, 5.41) is 11.1. The molecule has 3 aromatic rings. The monoisotopic (exact) mass is 307 g/mol. The zero-order chi connectivity index (χ0) is 16.8. The average Bonchev–Trinajstić information content (AvgIpc) is 2.95. The molecular formula is C20H25N3. The predicted octanol–water partition coefficient (Wildman–Crippen LogP) is 5.02. The van der Waals surface area contributed by atoms with Crippen molar-refractivity contribution in [1.29, 1.82) is 0 Å². The number of fused-ring (bicyclic) bond motifs is 1. The molecule has 23 heavy (non-hydrogen) atoms. The van der Waals surface area contributed by atoms with Gasteiger partial charge in [-0.25, -0.2) is 4.68 Å². The van der Waals surface area contributed by atoms with E-state index in [0.29, 0.717) is 0 Å². The highest BCUT2D eigenvalue weighted by molar-refractivity contribution is 5.85. The van der Waals surface area contributed by atoms with Crippen LogP contribution in [0.25, 0.3) is 16.5 Å². The first-order valence-electron chi connectivity index (χ1n) is 8.12. The summed E-state index contributed by atoms with van der Waals surface area (Å²) < 4.78 is 1.86. The summed E-state index contributed by atoms with van der Waals surface area (Å²) in [6, 6.07) is 13.1. The predicted molar refractivity (Wildman–Crippen MR) is 96.3 cm³/mol. The van der Waals surface area contributed by atoms with Crippen molar-refractivity contribution < 1.29 is 0 Å². The molecule has 0 radical (unpaired) electrons. The normalized spacial score (nSPS) is 12.8. The molecule has 0 saturated heterocycles. The quantitative estimate of drug-likeness (QED) is 0.632. The lowest BCUT2D eigenvalue weighted by Crippen LogP contribution is -2.11. The fraction of sp³-hybridized carbons (Fsp3) is 0.400. The van der Waals surface area contributed by atoms with Gasteiger partial charge in [-0.1, -0.05) is 71.0 Å². The first-order valence-corrected chi connectivity index (χ1v) is 8.12. The highest BCUT2D eigenvalue weighted by Crippen LogP contribution is 2.27. The minimum atomic E-state index is 0.0106. The van der Waals surface area contributed by atoms with Crippen molar-refractivity contribution in [3.8, 4) is 5.69 Å². The molecule has 0 amide bonds. The van der Waals surface area contributed by atoms with E-state index >= 15 is 0 Å². The average molecular weight is 307 g/mol. The lowest BCUT2D eigenvalue weighted by atomic mass is 9.86. The Morgan fingerprint density at radius 3 is 2.04 bits per heavy atom. The van der Waals surface area contributed by atoms with E-state index in [4.69, 9.17) is 0 Å². The van der Waals surface area contributed by atoms with Gasteiger partial charge in [0.15, 0.2) is 0 Å². The van der Waals surface area contributed by atoms with Gasteiger partial charge in [-0.15, -0.1) is 5.10 Å². The van der Waals surface area contributed by atoms with E-state index in [0.717, 1.165) is 11.4 Å². The maximum atomic E-state index is 4.30. The highest BCUT2D eigenvalue weighted by atomic mass is 15.4. The molecule has 0 bridgehead atoms. The number of hydrogen-bond donors (Lipinski definition) is 0. The van der Waals surface area contributed by atoms with Crippen LogP contribution >= 0.6 is 0 Å². The molecule has 3 heteroatoms. The van der Waals surface area contributed by atoms with E-state index in [1.54, 1.807) is 0 Å². The van der Waals surface area contributed by atoms with Gasteiger partial charge in [-0.05, 0) is 33.9 Å². The van der Waals surface area contributed by atoms with Crippen molar-refractivity contribution in [2.75, 3.05) is 0 Å². The highest BCUT2D eigenvalue weighted by Gasteiger charge is 2.18. The molecule has 1 heterocycles. The van der Waals surface area contributed by atoms with Crippen molar-refractivity contribution in [2.45, 2.75) is 52.4 Å². The van der Waals surface area contributed by atoms with Crippen LogP contribution in [0.15, 0.2) is 42.6 Å². The lowest BCUT2D eigenvalue weighted by Gasteiger charge is -2.19. The van der Waals surface area contributed by atoms with Crippen LogP contribution in [0.1, 0.15) is 52.8 Å². The molecule has 3 rings (SSSR count). The van der Waals surface area contributed by atoms with Crippen molar-refractivity contribution in [2.24, 2.45) is 0 Å². The van der Waals surface area contributed by atoms with Gasteiger partial charge in [0.25, 0.3) is 0 Å². The van der Waals surface area contributed by atoms with Gasteiger partial charge in [0.2, 0.25) is 0 Å². The molecule has 0 unspecified atom stereocenters. The third-order valence-corrected chi connectivity index (χ3v) is 4.22. The molecule has 1 aromatic heterocycles. The molecule has 0 aliphatic carbocycles. The number of aromatic nitrogens is 3. The second-order valence-corrected chi connectivity index (χ2v) is 8.29. The molecule has 0 aliphatic rings. The third-order valence-electron chi connectivity index (χ3n) is 4.22. The Bertz CT molecular complexity index is 845. The van der Waals surface area contributed by atoms with Crippen LogP contribution < -0.4 is 0 Å². The molecule has 0 atom stereocenters. The summed E-state index contributed by atoms with van der Waals surface area (Å²) >= 11 is 0. The summed E-state index contributed by atoms with van der Waals surface area (Å²) in [7, 11) is 0. The van der Waals surface area contributed by atoms with Crippen LogP contribution in [-0.4, -0.2) is 15.0 Å². The maximum Gasteiger partial charge on any atom is 0.0885 e. The molecule has 3 nitrogen and oxygen atoms in total. The Morgan fingerprint density at radius 2 is 1.43 bits per heavy atom. The van der Waals surface area contributed by atoms with Crippen LogP contribution in [0.4, 0.5) is 0 Å². The van der Waals surface area contributed by atoms with Crippen molar-refractivity contribution in [3.05, 3.63) is 53.9 Å². The van der Waals surface area contributed by atoms with Gasteiger partial charge in [0.1, 0.15) is 0 Å². The molecule has 0 spiro atoms. The Morgan fingerprint density at radius 1 is 0.783 bits per heavy atom. The molecule has 0 N–H and O–H groups in total. The van der Waals surface area contributed by atoms with E-state index in [2.05, 4.69) is 88.3 Å². The van der Waals surface area contributed by atoms with Gasteiger partial charge in [0, 0.05) is 5.41 Å². The summed E-state index contributed by atoms with van der Waals surface area (Å²) in [5.74, 6) is 0. The van der Waals surface area contributed by atoms with E-state index < -0.39 is 0 Å². The summed E-state index contributed by atoms with van der Waals surface area (Å²) in [5.41, 5.74) is 3.58. The van der Waals surface area contributed by atoms with Crippen molar-refractivity contribution >= 4 is 10.8 Å². The second-order valence-electron chi connectivity index (χ2n) is 8.29. The Balaban J connectivity index is 2.02. The zero-order valence-corrected chi connectivity index (χ0v) is 14.9. The summed E-state index contributed by atoms with van der Waals surface area (Å²) in [6.07, 6.45) is 2.02. The van der Waals surface area contributed by atoms with Crippen molar-refractivity contribution in [1.82, 2.24) is 15.0 Å². The minimum absolute atomic E-state index is 0.0106. The first kappa shape index (κ1) is 15.7. The second kappa shape index (κ2) is 5.19. The fourth-order valence-electron chi connectivity index (χ4n) is 2.58. The van der Waals surface area contributed by atoms with Crippen LogP contribution in [0, 0.1) is 0 Å². The Hall–Kier alpha value is -2.16.